The highest BCUT2D eigenvalue weighted by Crippen LogP contribution is 2.33. The number of hydrogen-bond acceptors (Lipinski definition) is 13. The van der Waals surface area contributed by atoms with Gasteiger partial charge in [-0.25, -0.2) is 23.0 Å². The predicted molar refractivity (Wildman–Crippen MR) is 221 cm³/mol. The molecule has 3 aromatic heterocycles. The molecule has 3 aliphatic rings. The number of nitrogens with zero attached hydrogens (tertiary/aromatic N) is 6. The zero-order valence-corrected chi connectivity index (χ0v) is 33.7. The van der Waals surface area contributed by atoms with Crippen LogP contribution in [0.1, 0.15) is 94.6 Å². The third-order valence-electron chi connectivity index (χ3n) is 11.3. The number of imide groups is 2. The number of Topliss-reactive ketones (excluding diaryl/α,β-unsaturated/α-hetero) is 1. The number of benzene rings is 2. The second-order valence-electron chi connectivity index (χ2n) is 15.4. The number of nitrogens with one attached hydrogen (secondary N) is 3. The molecule has 5 heterocycles. The van der Waals surface area contributed by atoms with Crippen LogP contribution < -0.4 is 21.7 Å². The molecular formula is C43H46F2N10O7. The van der Waals surface area contributed by atoms with Crippen LogP contribution in [-0.4, -0.2) is 110 Å². The van der Waals surface area contributed by atoms with Gasteiger partial charge >= 0.3 is 0 Å². The summed E-state index contributed by atoms with van der Waals surface area (Å²) in [5, 5.41) is 17.4. The lowest BCUT2D eigenvalue weighted by Crippen LogP contribution is -2.54. The number of rotatable bonds is 18. The second kappa shape index (κ2) is 18.7. The van der Waals surface area contributed by atoms with Crippen molar-refractivity contribution in [2.45, 2.75) is 75.9 Å². The molecule has 5 aromatic rings. The topological polar surface area (TPSA) is 217 Å². The number of ether oxygens (including phenoxy) is 2. The molecule has 324 valence electrons. The van der Waals surface area contributed by atoms with Gasteiger partial charge < -0.3 is 25.8 Å². The Labute approximate surface area is 354 Å². The van der Waals surface area contributed by atoms with Crippen LogP contribution in [-0.2, 0) is 19.1 Å². The molecule has 3 atom stereocenters. The maximum Gasteiger partial charge on any atom is 0.282 e. The van der Waals surface area contributed by atoms with Crippen molar-refractivity contribution >= 4 is 46.6 Å². The summed E-state index contributed by atoms with van der Waals surface area (Å²) in [5.74, 6) is -1.73. The minimum Gasteiger partial charge on any atom is -0.382 e. The standard InChI is InChI=1S/C43H46F2N10O7/c44-40(45)39-28(32-23-36-49-35(16-18-53(36)51-32)48-30-7-2-1-6-29(30)46)24-54(52-39)26-12-10-25(11-13-26)34(56)9-4-19-61-21-22-62-20-17-47-31-8-3-5-27-38(31)43(60)55(42(27)59)33-14-15-37(57)50-41(33)58/h3,5,8,10-13,16,18,23-24,29-30,33,40,47H,1-2,4,6-7,9,14-15,17,19-22,46H2,(H,48,49)(H,50,57,58)/t29-,30+,33?/m1/s1. The minimum atomic E-state index is -2.86. The highest BCUT2D eigenvalue weighted by atomic mass is 19.3. The monoisotopic (exact) mass is 852 g/mol. The smallest absolute Gasteiger partial charge is 0.282 e. The van der Waals surface area contributed by atoms with E-state index in [1.54, 1.807) is 54.7 Å². The summed E-state index contributed by atoms with van der Waals surface area (Å²) in [7, 11) is 0. The summed E-state index contributed by atoms with van der Waals surface area (Å²) >= 11 is 0. The van der Waals surface area contributed by atoms with Crippen molar-refractivity contribution in [1.29, 1.82) is 0 Å². The van der Waals surface area contributed by atoms with E-state index < -0.39 is 41.8 Å². The number of anilines is 2. The van der Waals surface area contributed by atoms with Crippen LogP contribution >= 0.6 is 0 Å². The van der Waals surface area contributed by atoms with E-state index in [0.717, 1.165) is 30.6 Å². The number of carbonyl (C=O) groups excluding carboxylic acids is 5. The Morgan fingerprint density at radius 3 is 2.48 bits per heavy atom. The lowest BCUT2D eigenvalue weighted by atomic mass is 9.91. The number of aromatic nitrogens is 5. The highest BCUT2D eigenvalue weighted by Gasteiger charge is 2.45. The van der Waals surface area contributed by atoms with Crippen LogP contribution in [0.15, 0.2) is 67.0 Å². The molecule has 19 heteroatoms. The summed E-state index contributed by atoms with van der Waals surface area (Å²) in [4.78, 5) is 68.7. The van der Waals surface area contributed by atoms with Crippen LogP contribution in [0.5, 0.6) is 0 Å². The van der Waals surface area contributed by atoms with E-state index in [4.69, 9.17) is 15.2 Å². The first kappa shape index (κ1) is 42.3. The summed E-state index contributed by atoms with van der Waals surface area (Å²) in [6, 6.07) is 14.0. The molecule has 17 nitrogen and oxygen atoms in total. The molecule has 2 fully saturated rings. The molecule has 1 unspecified atom stereocenters. The van der Waals surface area contributed by atoms with Crippen molar-refractivity contribution in [1.82, 2.24) is 34.6 Å². The first-order valence-electron chi connectivity index (χ1n) is 20.7. The zero-order chi connectivity index (χ0) is 43.3. The van der Waals surface area contributed by atoms with Crippen molar-refractivity contribution in [3.63, 3.8) is 0 Å². The van der Waals surface area contributed by atoms with Gasteiger partial charge in [0.15, 0.2) is 11.4 Å². The Hall–Kier alpha value is -6.44. The molecule has 5 N–H and O–H groups in total. The summed E-state index contributed by atoms with van der Waals surface area (Å²) in [6.45, 7) is 1.52. The van der Waals surface area contributed by atoms with Gasteiger partial charge in [-0.2, -0.15) is 10.2 Å². The van der Waals surface area contributed by atoms with Crippen molar-refractivity contribution in [2.75, 3.05) is 43.6 Å². The van der Waals surface area contributed by atoms with Gasteiger partial charge in [0.1, 0.15) is 17.6 Å². The molecule has 1 saturated heterocycles. The fourth-order valence-electron chi connectivity index (χ4n) is 8.02. The zero-order valence-electron chi connectivity index (χ0n) is 33.7. The molecule has 0 spiro atoms. The van der Waals surface area contributed by atoms with Crippen LogP contribution in [0.4, 0.5) is 20.3 Å². The summed E-state index contributed by atoms with van der Waals surface area (Å²) < 4.78 is 42.6. The lowest BCUT2D eigenvalue weighted by Gasteiger charge is -2.29. The summed E-state index contributed by atoms with van der Waals surface area (Å²) in [6.07, 6.45) is 5.31. The SMILES string of the molecule is N[C@@H]1CCCC[C@@H]1Nc1ccn2nc(-c3cn(-c4ccc(C(=O)CCCOCCOCCNc5cccc6c5C(=O)N(C5CCC(=O)NC5=O)C6=O)cc4)nc3C(F)F)cc2n1. The van der Waals surface area contributed by atoms with E-state index in [0.29, 0.717) is 60.3 Å². The van der Waals surface area contributed by atoms with E-state index in [9.17, 15) is 32.8 Å². The maximum atomic E-state index is 14.2. The van der Waals surface area contributed by atoms with Gasteiger partial charge in [0.2, 0.25) is 11.8 Å². The number of fused-ring (bicyclic) bond motifs is 2. The van der Waals surface area contributed by atoms with Crippen LogP contribution in [0, 0.1) is 0 Å². The first-order valence-corrected chi connectivity index (χ1v) is 20.7. The fourth-order valence-corrected chi connectivity index (χ4v) is 8.02. The Morgan fingerprint density at radius 1 is 0.919 bits per heavy atom. The molecule has 8 rings (SSSR count). The first-order chi connectivity index (χ1) is 30.0. The van der Waals surface area contributed by atoms with Crippen molar-refractivity contribution in [2.24, 2.45) is 5.73 Å². The van der Waals surface area contributed by atoms with Gasteiger partial charge in [-0.05, 0) is 68.1 Å². The fraction of sp³-hybridized carbons (Fsp3) is 0.395. The average molecular weight is 853 g/mol. The number of amides is 4. The third-order valence-corrected chi connectivity index (χ3v) is 11.3. The normalized spacial score (nSPS) is 19.0. The quantitative estimate of drug-likeness (QED) is 0.0534. The molecule has 62 heavy (non-hydrogen) atoms. The van der Waals surface area contributed by atoms with Gasteiger partial charge in [0.25, 0.3) is 18.2 Å². The van der Waals surface area contributed by atoms with Gasteiger partial charge in [0, 0.05) is 73.4 Å². The molecular weight excluding hydrogens is 807 g/mol. The molecule has 1 saturated carbocycles. The van der Waals surface area contributed by atoms with E-state index in [1.165, 1.54) is 21.5 Å². The van der Waals surface area contributed by atoms with Gasteiger partial charge in [-0.3, -0.25) is 34.2 Å². The number of nitrogens with two attached hydrogens (primary N) is 1. The highest BCUT2D eigenvalue weighted by molar-refractivity contribution is 6.25. The number of piperidine rings is 1. The van der Waals surface area contributed by atoms with E-state index >= 15 is 0 Å². The van der Waals surface area contributed by atoms with Gasteiger partial charge in [-0.15, -0.1) is 0 Å². The number of hydrogen-bond donors (Lipinski definition) is 4. The van der Waals surface area contributed by atoms with Crippen LogP contribution in [0.25, 0.3) is 22.6 Å². The Kier molecular flexibility index (Phi) is 12.7. The minimum absolute atomic E-state index is 0.0389. The molecule has 0 radical (unpaired) electrons. The molecule has 0 bridgehead atoms. The van der Waals surface area contributed by atoms with Crippen LogP contribution in [0.3, 0.4) is 0 Å². The average Bonchev–Trinajstić information content (AvgIpc) is 3.97. The predicted octanol–water partition coefficient (Wildman–Crippen LogP) is 4.71. The largest absolute Gasteiger partial charge is 0.382 e. The maximum absolute atomic E-state index is 14.2. The van der Waals surface area contributed by atoms with Gasteiger partial charge in [-0.1, -0.05) is 18.9 Å². The Balaban J connectivity index is 0.762. The molecule has 2 aromatic carbocycles. The molecule has 4 amide bonds. The molecule has 1 aliphatic carbocycles. The van der Waals surface area contributed by atoms with Gasteiger partial charge in [0.05, 0.1) is 42.3 Å². The summed E-state index contributed by atoms with van der Waals surface area (Å²) in [5.41, 5.74) is 8.60. The van der Waals surface area contributed by atoms with Crippen molar-refractivity contribution < 1.29 is 42.2 Å². The second-order valence-corrected chi connectivity index (χ2v) is 15.4. The van der Waals surface area contributed by atoms with E-state index in [-0.39, 0.29) is 67.0 Å². The van der Waals surface area contributed by atoms with Crippen molar-refractivity contribution in [3.8, 4) is 16.9 Å². The van der Waals surface area contributed by atoms with Crippen molar-refractivity contribution in [3.05, 3.63) is 89.4 Å². The Morgan fingerprint density at radius 2 is 1.71 bits per heavy atom. The molecule has 2 aliphatic heterocycles. The number of halogens is 2. The number of ketones is 1. The van der Waals surface area contributed by atoms with E-state index in [2.05, 4.69) is 31.1 Å². The lowest BCUT2D eigenvalue weighted by molar-refractivity contribution is -0.136. The Bertz CT molecular complexity index is 2490. The van der Waals surface area contributed by atoms with E-state index in [1.807, 2.05) is 0 Å². The number of carbonyl (C=O) groups is 5. The van der Waals surface area contributed by atoms with Crippen LogP contribution in [0.2, 0.25) is 0 Å². The third kappa shape index (κ3) is 9.09. The number of alkyl halides is 2.